The van der Waals surface area contributed by atoms with Crippen LogP contribution in [0.25, 0.3) is 11.4 Å². The Morgan fingerprint density at radius 1 is 1.19 bits per heavy atom. The number of anilines is 1. The molecule has 0 radical (unpaired) electrons. The molecule has 0 atom stereocenters. The van der Waals surface area contributed by atoms with Gasteiger partial charge in [0.1, 0.15) is 0 Å². The van der Waals surface area contributed by atoms with E-state index >= 15 is 0 Å². The number of halogens is 1. The Kier molecular flexibility index (Phi) is 2.96. The van der Waals surface area contributed by atoms with Crippen molar-refractivity contribution in [2.24, 2.45) is 0 Å². The summed E-state index contributed by atoms with van der Waals surface area (Å²) in [5.74, 6) is 1.05. The Labute approximate surface area is 98.2 Å². The van der Waals surface area contributed by atoms with Crippen LogP contribution < -0.4 is 4.90 Å². The molecule has 0 bridgehead atoms. The van der Waals surface area contributed by atoms with Gasteiger partial charge in [0.15, 0.2) is 5.82 Å². The molecule has 0 N–H and O–H groups in total. The molecule has 0 aliphatic rings. The Morgan fingerprint density at radius 3 is 2.62 bits per heavy atom. The van der Waals surface area contributed by atoms with Crippen molar-refractivity contribution in [3.63, 3.8) is 0 Å². The largest absolute Gasteiger partial charge is 0.347 e. The van der Waals surface area contributed by atoms with Crippen molar-refractivity contribution in [3.8, 4) is 11.4 Å². The second-order valence-electron chi connectivity index (χ2n) is 3.36. The van der Waals surface area contributed by atoms with Gasteiger partial charge in [-0.25, -0.2) is 0 Å². The second-order valence-corrected chi connectivity index (χ2v) is 3.70. The molecule has 2 aromatic rings. The fourth-order valence-corrected chi connectivity index (χ4v) is 1.32. The lowest BCUT2D eigenvalue weighted by molar-refractivity contribution is 0.961. The molecule has 82 valence electrons. The van der Waals surface area contributed by atoms with Crippen LogP contribution in [0.4, 0.5) is 5.95 Å². The van der Waals surface area contributed by atoms with Crippen LogP contribution in [0.15, 0.2) is 24.5 Å². The van der Waals surface area contributed by atoms with Crippen LogP contribution in [-0.4, -0.2) is 34.0 Å². The molecule has 2 heterocycles. The van der Waals surface area contributed by atoms with Gasteiger partial charge in [-0.05, 0) is 23.7 Å². The lowest BCUT2D eigenvalue weighted by Gasteiger charge is -2.10. The van der Waals surface area contributed by atoms with E-state index in [9.17, 15) is 0 Å². The standard InChI is InChI=1S/C10H10ClN5/c1-16(2)10-14-8(13-9(11)15-10)7-4-3-5-12-6-7/h3-6H,1-2H3. The maximum absolute atomic E-state index is 5.83. The van der Waals surface area contributed by atoms with E-state index in [0.717, 1.165) is 5.56 Å². The molecule has 0 spiro atoms. The molecule has 2 aromatic heterocycles. The summed E-state index contributed by atoms with van der Waals surface area (Å²) >= 11 is 5.83. The molecule has 0 unspecified atom stereocenters. The van der Waals surface area contributed by atoms with Gasteiger partial charge in [0.05, 0.1) is 0 Å². The summed E-state index contributed by atoms with van der Waals surface area (Å²) in [6, 6.07) is 3.69. The smallest absolute Gasteiger partial charge is 0.229 e. The van der Waals surface area contributed by atoms with Crippen LogP contribution in [0.5, 0.6) is 0 Å². The molecule has 16 heavy (non-hydrogen) atoms. The van der Waals surface area contributed by atoms with E-state index in [1.165, 1.54) is 0 Å². The van der Waals surface area contributed by atoms with Gasteiger partial charge in [-0.1, -0.05) is 0 Å². The molecule has 0 aliphatic carbocycles. The van der Waals surface area contributed by atoms with Crippen molar-refractivity contribution in [1.82, 2.24) is 19.9 Å². The van der Waals surface area contributed by atoms with Gasteiger partial charge < -0.3 is 4.90 Å². The molecule has 0 saturated carbocycles. The van der Waals surface area contributed by atoms with Crippen LogP contribution in [0.3, 0.4) is 0 Å². The number of pyridine rings is 1. The monoisotopic (exact) mass is 235 g/mol. The van der Waals surface area contributed by atoms with Gasteiger partial charge in [-0.15, -0.1) is 0 Å². The van der Waals surface area contributed by atoms with Crippen LogP contribution in [0.1, 0.15) is 0 Å². The zero-order chi connectivity index (χ0) is 11.5. The third-order valence-electron chi connectivity index (χ3n) is 1.92. The summed E-state index contributed by atoms with van der Waals surface area (Å²) in [5.41, 5.74) is 0.815. The summed E-state index contributed by atoms with van der Waals surface area (Å²) < 4.78 is 0. The molecular formula is C10H10ClN5. The molecule has 6 heteroatoms. The topological polar surface area (TPSA) is 54.8 Å². The molecule has 0 aliphatic heterocycles. The summed E-state index contributed by atoms with van der Waals surface area (Å²) in [4.78, 5) is 18.1. The number of nitrogens with zero attached hydrogens (tertiary/aromatic N) is 5. The number of hydrogen-bond donors (Lipinski definition) is 0. The minimum Gasteiger partial charge on any atom is -0.347 e. The first kappa shape index (κ1) is 10.8. The van der Waals surface area contributed by atoms with E-state index in [4.69, 9.17) is 11.6 Å². The maximum Gasteiger partial charge on any atom is 0.229 e. The first-order valence-corrected chi connectivity index (χ1v) is 5.04. The summed E-state index contributed by atoms with van der Waals surface area (Å²) in [7, 11) is 3.69. The highest BCUT2D eigenvalue weighted by Crippen LogP contribution is 2.17. The highest BCUT2D eigenvalue weighted by Gasteiger charge is 2.08. The zero-order valence-electron chi connectivity index (χ0n) is 8.92. The van der Waals surface area contributed by atoms with E-state index in [-0.39, 0.29) is 5.28 Å². The van der Waals surface area contributed by atoms with E-state index < -0.39 is 0 Å². The third kappa shape index (κ3) is 2.25. The first-order chi connectivity index (χ1) is 7.66. The molecule has 0 amide bonds. The van der Waals surface area contributed by atoms with Crippen LogP contribution >= 0.6 is 11.6 Å². The molecule has 0 fully saturated rings. The number of rotatable bonds is 2. The summed E-state index contributed by atoms with van der Waals surface area (Å²) in [6.45, 7) is 0. The SMILES string of the molecule is CN(C)c1nc(Cl)nc(-c2cccnc2)n1. The minimum atomic E-state index is 0.178. The van der Waals surface area contributed by atoms with E-state index in [1.54, 1.807) is 17.3 Å². The predicted octanol–water partition coefficient (Wildman–Crippen LogP) is 1.65. The van der Waals surface area contributed by atoms with Crippen LogP contribution in [0.2, 0.25) is 5.28 Å². The number of aromatic nitrogens is 4. The summed E-state index contributed by atoms with van der Waals surface area (Å²) in [6.07, 6.45) is 3.38. The van der Waals surface area contributed by atoms with Gasteiger partial charge in [0.2, 0.25) is 11.2 Å². The Bertz CT molecular complexity index is 486. The molecule has 5 nitrogen and oxygen atoms in total. The molecule has 2 rings (SSSR count). The van der Waals surface area contributed by atoms with Gasteiger partial charge in [-0.2, -0.15) is 15.0 Å². The van der Waals surface area contributed by atoms with Crippen LogP contribution in [0, 0.1) is 0 Å². The number of hydrogen-bond acceptors (Lipinski definition) is 5. The lowest BCUT2D eigenvalue weighted by atomic mass is 10.3. The minimum absolute atomic E-state index is 0.178. The van der Waals surface area contributed by atoms with E-state index in [2.05, 4.69) is 19.9 Å². The Hall–Kier alpha value is -1.75. The first-order valence-electron chi connectivity index (χ1n) is 4.66. The molecular weight excluding hydrogens is 226 g/mol. The zero-order valence-corrected chi connectivity index (χ0v) is 9.68. The van der Waals surface area contributed by atoms with E-state index in [0.29, 0.717) is 11.8 Å². The predicted molar refractivity (Wildman–Crippen MR) is 62.4 cm³/mol. The van der Waals surface area contributed by atoms with Crippen molar-refractivity contribution in [3.05, 3.63) is 29.8 Å². The van der Waals surface area contributed by atoms with Crippen molar-refractivity contribution in [1.29, 1.82) is 0 Å². The lowest BCUT2D eigenvalue weighted by Crippen LogP contribution is -2.13. The maximum atomic E-state index is 5.83. The molecule has 0 saturated heterocycles. The van der Waals surface area contributed by atoms with Crippen molar-refractivity contribution in [2.45, 2.75) is 0 Å². The van der Waals surface area contributed by atoms with Gasteiger partial charge >= 0.3 is 0 Å². The van der Waals surface area contributed by atoms with Crippen molar-refractivity contribution in [2.75, 3.05) is 19.0 Å². The highest BCUT2D eigenvalue weighted by molar-refractivity contribution is 6.28. The van der Waals surface area contributed by atoms with Crippen molar-refractivity contribution >= 4 is 17.5 Å². The Morgan fingerprint density at radius 2 is 2.00 bits per heavy atom. The third-order valence-corrected chi connectivity index (χ3v) is 2.09. The van der Waals surface area contributed by atoms with Gasteiger partial charge in [-0.3, -0.25) is 4.98 Å². The van der Waals surface area contributed by atoms with Gasteiger partial charge in [0, 0.05) is 32.1 Å². The Balaban J connectivity index is 2.50. The average Bonchev–Trinajstić information content (AvgIpc) is 2.29. The van der Waals surface area contributed by atoms with E-state index in [1.807, 2.05) is 26.2 Å². The summed E-state index contributed by atoms with van der Waals surface area (Å²) in [5, 5.41) is 0.178. The average molecular weight is 236 g/mol. The van der Waals surface area contributed by atoms with Gasteiger partial charge in [0.25, 0.3) is 0 Å². The highest BCUT2D eigenvalue weighted by atomic mass is 35.5. The molecule has 0 aromatic carbocycles. The van der Waals surface area contributed by atoms with Crippen LogP contribution in [-0.2, 0) is 0 Å². The fraction of sp³-hybridized carbons (Fsp3) is 0.200. The second kappa shape index (κ2) is 4.40. The fourth-order valence-electron chi connectivity index (χ4n) is 1.16. The van der Waals surface area contributed by atoms with Crippen molar-refractivity contribution < 1.29 is 0 Å². The quantitative estimate of drug-likeness (QED) is 0.792. The normalized spacial score (nSPS) is 10.2.